The summed E-state index contributed by atoms with van der Waals surface area (Å²) in [6.45, 7) is 0. The maximum Gasteiger partial charge on any atom is 0.307 e. The van der Waals surface area contributed by atoms with E-state index in [9.17, 15) is 9.18 Å². The van der Waals surface area contributed by atoms with Gasteiger partial charge in [0.05, 0.1) is 12.0 Å². The van der Waals surface area contributed by atoms with Gasteiger partial charge in [0.1, 0.15) is 11.9 Å². The fraction of sp³-hybridized carbons (Fsp3) is 0.111. The first-order valence-corrected chi connectivity index (χ1v) is 4.43. The quantitative estimate of drug-likeness (QED) is 0.883. The Morgan fingerprint density at radius 2 is 2.29 bits per heavy atom. The molecule has 1 aromatic carbocycles. The number of carbonyl (C=O) groups is 1. The van der Waals surface area contributed by atoms with Crippen LogP contribution in [0.2, 0.25) is 0 Å². The largest absolute Gasteiger partial charge is 0.481 e. The molecule has 0 heterocycles. The van der Waals surface area contributed by atoms with E-state index in [2.05, 4.69) is 15.9 Å². The summed E-state index contributed by atoms with van der Waals surface area (Å²) in [5, 5.41) is 17.0. The molecule has 1 N–H and O–H groups in total. The molecule has 0 atom stereocenters. The van der Waals surface area contributed by atoms with Gasteiger partial charge in [-0.05, 0) is 28.1 Å². The lowest BCUT2D eigenvalue weighted by molar-refractivity contribution is -0.136. The topological polar surface area (TPSA) is 61.1 Å². The van der Waals surface area contributed by atoms with Crippen LogP contribution in [0.1, 0.15) is 11.1 Å². The molecule has 14 heavy (non-hydrogen) atoms. The number of rotatable bonds is 2. The first kappa shape index (κ1) is 10.7. The molecule has 0 radical (unpaired) electrons. The van der Waals surface area contributed by atoms with Crippen molar-refractivity contribution >= 4 is 21.9 Å². The zero-order valence-electron chi connectivity index (χ0n) is 6.92. The molecular weight excluding hydrogens is 253 g/mol. The summed E-state index contributed by atoms with van der Waals surface area (Å²) in [5.41, 5.74) is 0.208. The Balaban J connectivity index is 3.16. The van der Waals surface area contributed by atoms with E-state index < -0.39 is 18.2 Å². The van der Waals surface area contributed by atoms with Gasteiger partial charge in [-0.3, -0.25) is 4.79 Å². The van der Waals surface area contributed by atoms with Gasteiger partial charge >= 0.3 is 5.97 Å². The molecule has 0 amide bonds. The summed E-state index contributed by atoms with van der Waals surface area (Å²) in [4.78, 5) is 10.3. The Morgan fingerprint density at radius 3 is 2.79 bits per heavy atom. The Bertz CT molecular complexity index is 426. The third-order valence-corrected chi connectivity index (χ3v) is 2.25. The SMILES string of the molecule is N#Cc1cc(F)c(CC(=O)O)cc1Br. The number of hydrogen-bond donors (Lipinski definition) is 1. The minimum Gasteiger partial charge on any atom is -0.481 e. The number of nitriles is 1. The molecule has 0 saturated carbocycles. The predicted octanol–water partition coefficient (Wildman–Crippen LogP) is 2.09. The molecule has 1 rings (SSSR count). The van der Waals surface area contributed by atoms with Crippen molar-refractivity contribution in [3.8, 4) is 6.07 Å². The van der Waals surface area contributed by atoms with Crippen LogP contribution < -0.4 is 0 Å². The normalized spacial score (nSPS) is 9.50. The lowest BCUT2D eigenvalue weighted by Gasteiger charge is -2.02. The standard InChI is InChI=1S/C9H5BrFNO2/c10-7-1-5(3-9(13)14)8(11)2-6(7)4-12/h1-2H,3H2,(H,13,14). The molecule has 1 aromatic rings. The van der Waals surface area contributed by atoms with Crippen LogP contribution in [0.4, 0.5) is 4.39 Å². The second-order valence-electron chi connectivity index (χ2n) is 2.61. The third kappa shape index (κ3) is 2.30. The molecule has 0 aliphatic carbocycles. The van der Waals surface area contributed by atoms with Crippen LogP contribution in [0.3, 0.4) is 0 Å². The van der Waals surface area contributed by atoms with Crippen molar-refractivity contribution in [2.45, 2.75) is 6.42 Å². The summed E-state index contributed by atoms with van der Waals surface area (Å²) in [5.74, 6) is -1.78. The summed E-state index contributed by atoms with van der Waals surface area (Å²) >= 11 is 3.05. The summed E-state index contributed by atoms with van der Waals surface area (Å²) in [7, 11) is 0. The Hall–Kier alpha value is -1.41. The van der Waals surface area contributed by atoms with E-state index in [1.54, 1.807) is 6.07 Å². The average Bonchev–Trinajstić information content (AvgIpc) is 2.10. The fourth-order valence-corrected chi connectivity index (χ4v) is 1.45. The van der Waals surface area contributed by atoms with Crippen molar-refractivity contribution in [1.82, 2.24) is 0 Å². The highest BCUT2D eigenvalue weighted by Crippen LogP contribution is 2.21. The smallest absolute Gasteiger partial charge is 0.307 e. The van der Waals surface area contributed by atoms with Crippen molar-refractivity contribution in [2.24, 2.45) is 0 Å². The van der Waals surface area contributed by atoms with Crippen LogP contribution in [0.25, 0.3) is 0 Å². The molecule has 72 valence electrons. The maximum atomic E-state index is 13.1. The highest BCUT2D eigenvalue weighted by Gasteiger charge is 2.10. The first-order valence-electron chi connectivity index (χ1n) is 3.64. The molecule has 5 heteroatoms. The number of aliphatic carboxylic acids is 1. The zero-order chi connectivity index (χ0) is 10.7. The second-order valence-corrected chi connectivity index (χ2v) is 3.46. The third-order valence-electron chi connectivity index (χ3n) is 1.60. The first-order chi connectivity index (χ1) is 6.54. The van der Waals surface area contributed by atoms with Gasteiger partial charge in [-0.2, -0.15) is 5.26 Å². The fourth-order valence-electron chi connectivity index (χ4n) is 0.972. The number of carboxylic acids is 1. The molecule has 0 bridgehead atoms. The minimum atomic E-state index is -1.11. The van der Waals surface area contributed by atoms with Crippen LogP contribution in [-0.4, -0.2) is 11.1 Å². The van der Waals surface area contributed by atoms with Crippen molar-refractivity contribution in [2.75, 3.05) is 0 Å². The van der Waals surface area contributed by atoms with Crippen LogP contribution in [-0.2, 0) is 11.2 Å². The predicted molar refractivity (Wildman–Crippen MR) is 50.2 cm³/mol. The van der Waals surface area contributed by atoms with Gasteiger partial charge in [-0.15, -0.1) is 0 Å². The number of nitrogens with zero attached hydrogens (tertiary/aromatic N) is 1. The summed E-state index contributed by atoms with van der Waals surface area (Å²) < 4.78 is 13.5. The van der Waals surface area contributed by atoms with E-state index >= 15 is 0 Å². The Morgan fingerprint density at radius 1 is 1.64 bits per heavy atom. The lowest BCUT2D eigenvalue weighted by Crippen LogP contribution is -2.03. The average molecular weight is 258 g/mol. The second kappa shape index (κ2) is 4.20. The van der Waals surface area contributed by atoms with Crippen LogP contribution in [0, 0.1) is 17.1 Å². The molecule has 0 fully saturated rings. The Labute approximate surface area is 87.9 Å². The van der Waals surface area contributed by atoms with E-state index in [1.165, 1.54) is 6.07 Å². The van der Waals surface area contributed by atoms with Crippen molar-refractivity contribution in [3.63, 3.8) is 0 Å². The van der Waals surface area contributed by atoms with Gasteiger partial charge in [0.15, 0.2) is 0 Å². The van der Waals surface area contributed by atoms with Crippen molar-refractivity contribution in [3.05, 3.63) is 33.5 Å². The van der Waals surface area contributed by atoms with Crippen molar-refractivity contribution < 1.29 is 14.3 Å². The van der Waals surface area contributed by atoms with Gasteiger partial charge in [0.2, 0.25) is 0 Å². The van der Waals surface area contributed by atoms with E-state index in [1.807, 2.05) is 0 Å². The van der Waals surface area contributed by atoms with Gasteiger partial charge in [-0.25, -0.2) is 4.39 Å². The number of benzene rings is 1. The van der Waals surface area contributed by atoms with Gasteiger partial charge in [-0.1, -0.05) is 0 Å². The lowest BCUT2D eigenvalue weighted by atomic mass is 10.1. The van der Waals surface area contributed by atoms with Crippen LogP contribution >= 0.6 is 15.9 Å². The highest BCUT2D eigenvalue weighted by molar-refractivity contribution is 9.10. The zero-order valence-corrected chi connectivity index (χ0v) is 8.51. The highest BCUT2D eigenvalue weighted by atomic mass is 79.9. The van der Waals surface area contributed by atoms with Crippen LogP contribution in [0.5, 0.6) is 0 Å². The van der Waals surface area contributed by atoms with Gasteiger partial charge in [0, 0.05) is 10.0 Å². The molecular formula is C9H5BrFNO2. The van der Waals surface area contributed by atoms with Crippen LogP contribution in [0.15, 0.2) is 16.6 Å². The number of halogens is 2. The Kier molecular flexibility index (Phi) is 3.20. The van der Waals surface area contributed by atoms with E-state index in [0.717, 1.165) is 6.07 Å². The summed E-state index contributed by atoms with van der Waals surface area (Å²) in [6, 6.07) is 4.11. The van der Waals surface area contributed by atoms with E-state index in [4.69, 9.17) is 10.4 Å². The molecule has 0 unspecified atom stereocenters. The molecule has 3 nitrogen and oxygen atoms in total. The molecule has 0 aliphatic rings. The van der Waals surface area contributed by atoms with E-state index in [-0.39, 0.29) is 11.1 Å². The van der Waals surface area contributed by atoms with E-state index in [0.29, 0.717) is 4.47 Å². The number of hydrogen-bond acceptors (Lipinski definition) is 2. The van der Waals surface area contributed by atoms with Gasteiger partial charge in [0.25, 0.3) is 0 Å². The molecule has 0 aromatic heterocycles. The molecule has 0 spiro atoms. The molecule has 0 aliphatic heterocycles. The maximum absolute atomic E-state index is 13.1. The molecule has 0 saturated heterocycles. The number of carboxylic acid groups (broad SMARTS) is 1. The van der Waals surface area contributed by atoms with Gasteiger partial charge < -0.3 is 5.11 Å². The summed E-state index contributed by atoms with van der Waals surface area (Å²) in [6.07, 6.45) is -0.393. The van der Waals surface area contributed by atoms with Crippen molar-refractivity contribution in [1.29, 1.82) is 5.26 Å². The minimum absolute atomic E-state index is 0.0587. The monoisotopic (exact) mass is 257 g/mol.